The van der Waals surface area contributed by atoms with Crippen molar-refractivity contribution in [3.05, 3.63) is 24.4 Å². The Kier molecular flexibility index (Phi) is 6.10. The molecule has 1 aliphatic heterocycles. The fourth-order valence-corrected chi connectivity index (χ4v) is 1.90. The van der Waals surface area contributed by atoms with E-state index in [0.717, 1.165) is 0 Å². The lowest BCUT2D eigenvalue weighted by Gasteiger charge is -2.25. The lowest BCUT2D eigenvalue weighted by atomic mass is 10.2. The Hall–Kier alpha value is -1.28. The molecule has 0 radical (unpaired) electrons. The summed E-state index contributed by atoms with van der Waals surface area (Å²) >= 11 is 4.80. The highest BCUT2D eigenvalue weighted by molar-refractivity contribution is 7.79. The van der Waals surface area contributed by atoms with Gasteiger partial charge in [-0.3, -0.25) is 4.90 Å². The highest BCUT2D eigenvalue weighted by Gasteiger charge is 2.37. The number of hydrogen-bond acceptors (Lipinski definition) is 5. The van der Waals surface area contributed by atoms with E-state index in [-0.39, 0.29) is 13.0 Å². The molecule has 1 saturated heterocycles. The summed E-state index contributed by atoms with van der Waals surface area (Å²) in [4.78, 5) is 13.1. The van der Waals surface area contributed by atoms with Crippen molar-refractivity contribution >= 4 is 23.6 Å². The first-order valence-corrected chi connectivity index (χ1v) is 6.28. The van der Waals surface area contributed by atoms with Gasteiger partial charge >= 0.3 is 6.03 Å². The molecule has 1 fully saturated rings. The van der Waals surface area contributed by atoms with Gasteiger partial charge in [-0.15, -0.1) is 0 Å². The fourth-order valence-electron chi connectivity index (χ4n) is 1.74. The summed E-state index contributed by atoms with van der Waals surface area (Å²) < 4.78 is 5.44. The summed E-state index contributed by atoms with van der Waals surface area (Å²) in [7, 11) is 1.49. The molecule has 0 unspecified atom stereocenters. The Labute approximate surface area is 117 Å². The maximum Gasteiger partial charge on any atom is 0.323 e. The van der Waals surface area contributed by atoms with Crippen molar-refractivity contribution in [2.24, 2.45) is 0 Å². The number of urea groups is 1. The molecular formula is C12H18N2O4S. The van der Waals surface area contributed by atoms with Gasteiger partial charge in [-0.1, -0.05) is 24.9 Å². The average Bonchev–Trinajstić information content (AvgIpc) is 2.80. The van der Waals surface area contributed by atoms with Crippen molar-refractivity contribution < 1.29 is 19.7 Å². The predicted octanol–water partition coefficient (Wildman–Crippen LogP) is 0.166. The van der Waals surface area contributed by atoms with Gasteiger partial charge in [0.15, 0.2) is 0 Å². The van der Waals surface area contributed by atoms with Gasteiger partial charge in [-0.05, 0) is 0 Å². The zero-order valence-electron chi connectivity index (χ0n) is 10.7. The van der Waals surface area contributed by atoms with Gasteiger partial charge < -0.3 is 20.3 Å². The molecule has 7 heteroatoms. The normalized spacial score (nSPS) is 26.9. The van der Waals surface area contributed by atoms with Crippen LogP contribution in [0.2, 0.25) is 0 Å². The molecule has 0 aromatic heterocycles. The molecule has 2 amide bonds. The number of carbonyl (C=O) groups is 1. The first-order chi connectivity index (χ1) is 9.07. The zero-order chi connectivity index (χ0) is 14.4. The number of aliphatic hydroxyl groups is 2. The second-order valence-electron chi connectivity index (χ2n) is 4.03. The van der Waals surface area contributed by atoms with Crippen molar-refractivity contribution in [1.29, 1.82) is 0 Å². The minimum absolute atomic E-state index is 0.219. The van der Waals surface area contributed by atoms with Gasteiger partial charge in [-0.2, -0.15) is 0 Å². The van der Waals surface area contributed by atoms with E-state index >= 15 is 0 Å². The van der Waals surface area contributed by atoms with Gasteiger partial charge in [-0.25, -0.2) is 4.79 Å². The minimum Gasteiger partial charge on any atom is -0.394 e. The maximum atomic E-state index is 11.8. The van der Waals surface area contributed by atoms with Crippen LogP contribution in [0.1, 0.15) is 6.42 Å². The van der Waals surface area contributed by atoms with E-state index < -0.39 is 24.5 Å². The van der Waals surface area contributed by atoms with E-state index in [4.69, 9.17) is 22.1 Å². The van der Waals surface area contributed by atoms with Gasteiger partial charge in [0, 0.05) is 30.6 Å². The van der Waals surface area contributed by atoms with Crippen LogP contribution in [0.4, 0.5) is 4.79 Å². The third-order valence-electron chi connectivity index (χ3n) is 2.80. The summed E-state index contributed by atoms with van der Waals surface area (Å²) in [6.07, 6.45) is 1.07. The Bertz CT molecular complexity index is 376. The van der Waals surface area contributed by atoms with Crippen LogP contribution < -0.4 is 5.32 Å². The number of amides is 2. The average molecular weight is 286 g/mol. The van der Waals surface area contributed by atoms with Crippen molar-refractivity contribution in [3.8, 4) is 0 Å². The van der Waals surface area contributed by atoms with Crippen molar-refractivity contribution in [2.75, 3.05) is 13.7 Å². The minimum atomic E-state index is -0.810. The van der Waals surface area contributed by atoms with E-state index in [0.29, 0.717) is 5.57 Å². The van der Waals surface area contributed by atoms with E-state index in [1.54, 1.807) is 0 Å². The number of rotatable bonds is 5. The molecule has 0 saturated carbocycles. The molecule has 1 aliphatic rings. The molecule has 19 heavy (non-hydrogen) atoms. The van der Waals surface area contributed by atoms with Crippen LogP contribution >= 0.6 is 12.2 Å². The van der Waals surface area contributed by atoms with Crippen molar-refractivity contribution in [3.63, 3.8) is 0 Å². The van der Waals surface area contributed by atoms with Gasteiger partial charge in [0.1, 0.15) is 12.3 Å². The summed E-state index contributed by atoms with van der Waals surface area (Å²) in [6.45, 7) is 3.29. The summed E-state index contributed by atoms with van der Waals surface area (Å²) in [5, 5.41) is 22.6. The maximum absolute atomic E-state index is 11.8. The van der Waals surface area contributed by atoms with Crippen LogP contribution in [0, 0.1) is 0 Å². The number of thiocarbonyl (C=S) groups is 1. The monoisotopic (exact) mass is 286 g/mol. The van der Waals surface area contributed by atoms with E-state index in [1.807, 2.05) is 0 Å². The second-order valence-corrected chi connectivity index (χ2v) is 4.26. The summed E-state index contributed by atoms with van der Waals surface area (Å²) in [6, 6.07) is -0.396. The topological polar surface area (TPSA) is 82.0 Å². The quantitative estimate of drug-likeness (QED) is 0.381. The zero-order valence-corrected chi connectivity index (χ0v) is 11.5. The molecule has 0 aromatic carbocycles. The third-order valence-corrected chi connectivity index (χ3v) is 3.07. The number of ether oxygens (including phenoxy) is 1. The number of allylic oxidation sites excluding steroid dienone is 2. The van der Waals surface area contributed by atoms with E-state index in [1.165, 1.54) is 29.6 Å². The molecular weight excluding hydrogens is 268 g/mol. The van der Waals surface area contributed by atoms with Crippen LogP contribution in [0.3, 0.4) is 0 Å². The molecule has 6 nitrogen and oxygen atoms in total. The number of nitrogens with zero attached hydrogens (tertiary/aromatic N) is 1. The van der Waals surface area contributed by atoms with Crippen LogP contribution in [-0.4, -0.2) is 58.6 Å². The Balaban J connectivity index is 2.93. The summed E-state index contributed by atoms with van der Waals surface area (Å²) in [5.74, 6) is 0. The standard InChI is InChI=1S/C12H18N2O4S/c1-3-8(7-19)5-14(12(17)13-2)11-4-9(16)10(6-15)18-11/h3,5,7,9-11,15-16H,1,4,6H2,2H3,(H,13,17)/b8-5-/t9-,10+,11+/m0/s1. The third kappa shape index (κ3) is 3.84. The first-order valence-electron chi connectivity index (χ1n) is 5.81. The Morgan fingerprint density at radius 2 is 2.37 bits per heavy atom. The first kappa shape index (κ1) is 15.8. The van der Waals surface area contributed by atoms with Crippen LogP contribution in [0.25, 0.3) is 0 Å². The second kappa shape index (κ2) is 7.34. The molecule has 3 atom stereocenters. The lowest BCUT2D eigenvalue weighted by molar-refractivity contribution is -0.0532. The largest absolute Gasteiger partial charge is 0.394 e. The number of nitrogens with one attached hydrogen (secondary N) is 1. The van der Waals surface area contributed by atoms with Gasteiger partial charge in [0.25, 0.3) is 0 Å². The van der Waals surface area contributed by atoms with E-state index in [9.17, 15) is 9.90 Å². The van der Waals surface area contributed by atoms with Crippen LogP contribution in [0.5, 0.6) is 0 Å². The lowest BCUT2D eigenvalue weighted by Crippen LogP contribution is -2.42. The SMILES string of the molecule is C=C/C(C=S)=C/N(C(=O)NC)[C@H]1C[C@H](O)[C@@H](CO)O1. The number of carbonyl (C=O) groups excluding carboxylic acids is 1. The van der Waals surface area contributed by atoms with Crippen molar-refractivity contribution in [1.82, 2.24) is 10.2 Å². The molecule has 0 aromatic rings. The van der Waals surface area contributed by atoms with Crippen molar-refractivity contribution in [2.45, 2.75) is 24.9 Å². The molecule has 1 rings (SSSR count). The van der Waals surface area contributed by atoms with Gasteiger partial charge in [0.2, 0.25) is 0 Å². The van der Waals surface area contributed by atoms with E-state index in [2.05, 4.69) is 11.9 Å². The smallest absolute Gasteiger partial charge is 0.323 e. The highest BCUT2D eigenvalue weighted by Crippen LogP contribution is 2.24. The predicted molar refractivity (Wildman–Crippen MR) is 74.6 cm³/mol. The molecule has 1 heterocycles. The molecule has 0 aliphatic carbocycles. The van der Waals surface area contributed by atoms with Gasteiger partial charge in [0.05, 0.1) is 12.7 Å². The van der Waals surface area contributed by atoms with Crippen LogP contribution in [0.15, 0.2) is 24.4 Å². The fraction of sp³-hybridized carbons (Fsp3) is 0.500. The Morgan fingerprint density at radius 1 is 1.68 bits per heavy atom. The molecule has 0 spiro atoms. The molecule has 3 N–H and O–H groups in total. The molecule has 0 bridgehead atoms. The number of hydrogen-bond donors (Lipinski definition) is 3. The number of aliphatic hydroxyl groups excluding tert-OH is 2. The Morgan fingerprint density at radius 3 is 2.79 bits per heavy atom. The highest BCUT2D eigenvalue weighted by atomic mass is 32.1. The summed E-state index contributed by atoms with van der Waals surface area (Å²) in [5.41, 5.74) is 0.573. The molecule has 106 valence electrons. The van der Waals surface area contributed by atoms with Crippen LogP contribution in [-0.2, 0) is 4.74 Å².